The summed E-state index contributed by atoms with van der Waals surface area (Å²) in [4.78, 5) is 39.0. The largest absolute Gasteiger partial charge is 0.371 e. The van der Waals surface area contributed by atoms with E-state index in [2.05, 4.69) is 10.2 Å². The highest BCUT2D eigenvalue weighted by molar-refractivity contribution is 6.00. The molecule has 1 aromatic heterocycles. The molecule has 9 nitrogen and oxygen atoms in total. The maximum absolute atomic E-state index is 12.9. The number of anilines is 1. The highest BCUT2D eigenvalue weighted by Gasteiger charge is 2.32. The van der Waals surface area contributed by atoms with Crippen molar-refractivity contribution in [2.75, 3.05) is 31.2 Å². The van der Waals surface area contributed by atoms with Gasteiger partial charge < -0.3 is 14.4 Å². The number of imidazole rings is 1. The molecular formula is C21H26N4O5. The van der Waals surface area contributed by atoms with Crippen LogP contribution in [0.5, 0.6) is 0 Å². The average Bonchev–Trinajstić information content (AvgIpc) is 3.37. The summed E-state index contributed by atoms with van der Waals surface area (Å²) in [6, 6.07) is 5.27. The zero-order valence-corrected chi connectivity index (χ0v) is 17.0. The van der Waals surface area contributed by atoms with E-state index in [1.807, 2.05) is 18.2 Å². The molecule has 1 atom stereocenters. The van der Waals surface area contributed by atoms with Gasteiger partial charge in [-0.25, -0.2) is 4.79 Å². The van der Waals surface area contributed by atoms with Gasteiger partial charge in [0.2, 0.25) is 11.8 Å². The Morgan fingerprint density at radius 2 is 1.73 bits per heavy atom. The van der Waals surface area contributed by atoms with E-state index >= 15 is 0 Å². The maximum atomic E-state index is 12.9. The Bertz CT molecular complexity index is 1040. The number of fused-ring (bicyclic) bond motifs is 1. The first-order valence-electron chi connectivity index (χ1n) is 10.6. The van der Waals surface area contributed by atoms with Crippen LogP contribution < -0.4 is 15.9 Å². The summed E-state index contributed by atoms with van der Waals surface area (Å²) >= 11 is 0. The number of imide groups is 1. The molecule has 0 aliphatic carbocycles. The fourth-order valence-electron chi connectivity index (χ4n) is 4.86. The maximum Gasteiger partial charge on any atom is 0.329 e. The molecule has 0 radical (unpaired) electrons. The van der Waals surface area contributed by atoms with Crippen LogP contribution in [0.15, 0.2) is 23.0 Å². The number of amides is 2. The van der Waals surface area contributed by atoms with E-state index in [0.29, 0.717) is 31.1 Å². The van der Waals surface area contributed by atoms with Gasteiger partial charge in [0, 0.05) is 38.2 Å². The topological polar surface area (TPSA) is 94.8 Å². The zero-order chi connectivity index (χ0) is 20.8. The molecule has 3 saturated heterocycles. The smallest absolute Gasteiger partial charge is 0.329 e. The van der Waals surface area contributed by atoms with Crippen LogP contribution in [0.4, 0.5) is 5.69 Å². The van der Waals surface area contributed by atoms with Gasteiger partial charge in [0.25, 0.3) is 0 Å². The molecule has 30 heavy (non-hydrogen) atoms. The predicted octanol–water partition coefficient (Wildman–Crippen LogP) is 0.907. The molecule has 5 rings (SSSR count). The van der Waals surface area contributed by atoms with Gasteiger partial charge >= 0.3 is 5.69 Å². The lowest BCUT2D eigenvalue weighted by Gasteiger charge is -2.35. The Morgan fingerprint density at radius 1 is 1.00 bits per heavy atom. The summed E-state index contributed by atoms with van der Waals surface area (Å²) in [6.07, 6.45) is 2.50. The number of nitrogens with one attached hydrogen (secondary N) is 1. The summed E-state index contributed by atoms with van der Waals surface area (Å²) < 4.78 is 14.4. The number of ether oxygens (including phenoxy) is 2. The Balaban J connectivity index is 1.40. The van der Waals surface area contributed by atoms with E-state index in [1.165, 1.54) is 4.57 Å². The van der Waals surface area contributed by atoms with Gasteiger partial charge in [-0.3, -0.25) is 24.0 Å². The number of carbonyl (C=O) groups is 2. The lowest BCUT2D eigenvalue weighted by atomic mass is 9.95. The van der Waals surface area contributed by atoms with E-state index < -0.39 is 11.9 Å². The molecule has 2 amide bonds. The minimum Gasteiger partial charge on any atom is -0.371 e. The minimum absolute atomic E-state index is 0.0713. The van der Waals surface area contributed by atoms with Crippen LogP contribution in [0.3, 0.4) is 0 Å². The Morgan fingerprint density at radius 3 is 2.43 bits per heavy atom. The van der Waals surface area contributed by atoms with Crippen molar-refractivity contribution < 1.29 is 19.1 Å². The van der Waals surface area contributed by atoms with Crippen molar-refractivity contribution >= 4 is 28.5 Å². The first-order chi connectivity index (χ1) is 14.5. The number of aromatic nitrogens is 2. The minimum atomic E-state index is -0.660. The molecule has 1 N–H and O–H groups in total. The van der Waals surface area contributed by atoms with Crippen LogP contribution >= 0.6 is 0 Å². The van der Waals surface area contributed by atoms with Crippen molar-refractivity contribution in [3.05, 3.63) is 28.7 Å². The van der Waals surface area contributed by atoms with Gasteiger partial charge in [-0.2, -0.15) is 0 Å². The first kappa shape index (κ1) is 19.3. The van der Waals surface area contributed by atoms with Crippen LogP contribution in [0, 0.1) is 5.92 Å². The fourth-order valence-corrected chi connectivity index (χ4v) is 4.86. The number of hydrogen-bond acceptors (Lipinski definition) is 6. The molecule has 1 aromatic carbocycles. The highest BCUT2D eigenvalue weighted by Crippen LogP contribution is 2.31. The molecule has 1 unspecified atom stereocenters. The van der Waals surface area contributed by atoms with Gasteiger partial charge in [0.1, 0.15) is 6.04 Å². The average molecular weight is 414 g/mol. The molecular weight excluding hydrogens is 388 g/mol. The number of nitrogens with zero attached hydrogens (tertiary/aromatic N) is 3. The number of rotatable bonds is 3. The summed E-state index contributed by atoms with van der Waals surface area (Å²) in [5.41, 5.74) is 2.31. The van der Waals surface area contributed by atoms with Crippen LogP contribution in [0.1, 0.15) is 31.7 Å². The van der Waals surface area contributed by atoms with E-state index in [-0.39, 0.29) is 24.3 Å². The third-order valence-electron chi connectivity index (χ3n) is 6.53. The van der Waals surface area contributed by atoms with Crippen LogP contribution in [-0.2, 0) is 26.1 Å². The molecule has 0 bridgehead atoms. The fraction of sp³-hybridized carbons (Fsp3) is 0.571. The van der Waals surface area contributed by atoms with Gasteiger partial charge in [0.15, 0.2) is 6.29 Å². The van der Waals surface area contributed by atoms with Crippen molar-refractivity contribution in [2.24, 2.45) is 13.0 Å². The van der Waals surface area contributed by atoms with Crippen LogP contribution in [0.25, 0.3) is 11.0 Å². The SMILES string of the molecule is Cn1c(=O)n(C2CCC(=O)NC2=O)c2ccc(N3CCC(C4OCCO4)CC3)cc21. The predicted molar refractivity (Wildman–Crippen MR) is 109 cm³/mol. The van der Waals surface area contributed by atoms with Crippen molar-refractivity contribution in [1.82, 2.24) is 14.5 Å². The normalized spacial score (nSPS) is 24.0. The zero-order valence-electron chi connectivity index (χ0n) is 17.0. The van der Waals surface area contributed by atoms with Gasteiger partial charge in [-0.1, -0.05) is 0 Å². The Kier molecular flexibility index (Phi) is 4.86. The third-order valence-corrected chi connectivity index (χ3v) is 6.53. The monoisotopic (exact) mass is 414 g/mol. The summed E-state index contributed by atoms with van der Waals surface area (Å²) in [5.74, 6) is -0.280. The highest BCUT2D eigenvalue weighted by atomic mass is 16.7. The second-order valence-electron chi connectivity index (χ2n) is 8.29. The van der Waals surface area contributed by atoms with Crippen LogP contribution in [0.2, 0.25) is 0 Å². The second-order valence-corrected chi connectivity index (χ2v) is 8.29. The lowest BCUT2D eigenvalue weighted by molar-refractivity contribution is -0.135. The third kappa shape index (κ3) is 3.22. The lowest BCUT2D eigenvalue weighted by Crippen LogP contribution is -2.44. The van der Waals surface area contributed by atoms with Crippen molar-refractivity contribution in [2.45, 2.75) is 38.0 Å². The first-order valence-corrected chi connectivity index (χ1v) is 10.6. The van der Waals surface area contributed by atoms with E-state index in [4.69, 9.17) is 9.47 Å². The van der Waals surface area contributed by atoms with Crippen molar-refractivity contribution in [3.63, 3.8) is 0 Å². The number of hydrogen-bond donors (Lipinski definition) is 1. The van der Waals surface area contributed by atoms with E-state index in [9.17, 15) is 14.4 Å². The van der Waals surface area contributed by atoms with E-state index in [1.54, 1.807) is 11.6 Å². The standard InChI is InChI=1S/C21H26N4O5/c1-23-17-12-14(24-8-6-13(7-9-24)20-29-10-11-30-20)2-3-15(17)25(21(23)28)16-4-5-18(26)22-19(16)27/h2-3,12-13,16,20H,4-11H2,1H3,(H,22,26,27). The molecule has 9 heteroatoms. The van der Waals surface area contributed by atoms with Crippen molar-refractivity contribution in [1.29, 1.82) is 0 Å². The Labute approximate surface area is 173 Å². The summed E-state index contributed by atoms with van der Waals surface area (Å²) in [5, 5.41) is 2.34. The quantitative estimate of drug-likeness (QED) is 0.751. The molecule has 3 aliphatic heterocycles. The molecule has 4 heterocycles. The van der Waals surface area contributed by atoms with Crippen molar-refractivity contribution in [3.8, 4) is 0 Å². The number of benzene rings is 1. The summed E-state index contributed by atoms with van der Waals surface area (Å²) in [6.45, 7) is 3.17. The number of carbonyl (C=O) groups excluding carboxylic acids is 2. The van der Waals surface area contributed by atoms with E-state index in [0.717, 1.165) is 37.1 Å². The van der Waals surface area contributed by atoms with Gasteiger partial charge in [-0.15, -0.1) is 0 Å². The molecule has 160 valence electrons. The van der Waals surface area contributed by atoms with Gasteiger partial charge in [-0.05, 0) is 37.5 Å². The second kappa shape index (κ2) is 7.55. The number of aryl methyl sites for hydroxylation is 1. The molecule has 0 spiro atoms. The molecule has 0 saturated carbocycles. The van der Waals surface area contributed by atoms with Crippen LogP contribution in [-0.4, -0.2) is 53.5 Å². The molecule has 3 fully saturated rings. The Hall–Kier alpha value is -2.65. The molecule has 2 aromatic rings. The molecule has 3 aliphatic rings. The number of piperidine rings is 2. The summed E-state index contributed by atoms with van der Waals surface area (Å²) in [7, 11) is 1.72. The van der Waals surface area contributed by atoms with Gasteiger partial charge in [0.05, 0.1) is 24.2 Å².